The normalized spacial score (nSPS) is 18.0. The number of anilines is 2. The second kappa shape index (κ2) is 7.44. The van der Waals surface area contributed by atoms with Gasteiger partial charge in [0, 0.05) is 32.4 Å². The van der Waals surface area contributed by atoms with Gasteiger partial charge in [-0.2, -0.15) is 4.98 Å². The van der Waals surface area contributed by atoms with Crippen LogP contribution in [0.25, 0.3) is 0 Å². The fourth-order valence-electron chi connectivity index (χ4n) is 3.20. The van der Waals surface area contributed by atoms with Crippen LogP contribution in [-0.4, -0.2) is 29.6 Å². The molecule has 0 spiro atoms. The van der Waals surface area contributed by atoms with Gasteiger partial charge in [-0.3, -0.25) is 0 Å². The molecule has 2 aromatic rings. The molecule has 0 aliphatic carbocycles. The molecule has 1 atom stereocenters. The lowest BCUT2D eigenvalue weighted by molar-refractivity contribution is 0.442. The summed E-state index contributed by atoms with van der Waals surface area (Å²) in [5.41, 5.74) is 1.31. The van der Waals surface area contributed by atoms with Crippen LogP contribution in [0.3, 0.4) is 0 Å². The van der Waals surface area contributed by atoms with Crippen LogP contribution < -0.4 is 9.80 Å². The lowest BCUT2D eigenvalue weighted by atomic mass is 10.0. The van der Waals surface area contributed by atoms with Crippen molar-refractivity contribution in [2.24, 2.45) is 5.92 Å². The molecule has 4 heteroatoms. The lowest BCUT2D eigenvalue weighted by Crippen LogP contribution is -2.35. The number of nitrogens with zero attached hydrogens (tertiary/aromatic N) is 4. The van der Waals surface area contributed by atoms with Crippen molar-refractivity contribution in [2.75, 3.05) is 29.4 Å². The van der Waals surface area contributed by atoms with Crippen LogP contribution in [0, 0.1) is 5.92 Å². The SMILES string of the molecule is CCN(Cc1ccccc1)c1ccnc(N2CCCC(C)C2)n1. The largest absolute Gasteiger partial charge is 0.352 e. The van der Waals surface area contributed by atoms with Gasteiger partial charge in [0.2, 0.25) is 5.95 Å². The van der Waals surface area contributed by atoms with E-state index in [-0.39, 0.29) is 0 Å². The molecule has 4 nitrogen and oxygen atoms in total. The fraction of sp³-hybridized carbons (Fsp3) is 0.474. The van der Waals surface area contributed by atoms with Crippen LogP contribution in [0.15, 0.2) is 42.6 Å². The van der Waals surface area contributed by atoms with E-state index >= 15 is 0 Å². The zero-order valence-corrected chi connectivity index (χ0v) is 14.2. The Labute approximate surface area is 139 Å². The molecule has 1 aliphatic rings. The first-order valence-corrected chi connectivity index (χ1v) is 8.63. The van der Waals surface area contributed by atoms with E-state index in [9.17, 15) is 0 Å². The van der Waals surface area contributed by atoms with E-state index in [1.165, 1.54) is 18.4 Å². The minimum absolute atomic E-state index is 0.725. The highest BCUT2D eigenvalue weighted by atomic mass is 15.3. The maximum Gasteiger partial charge on any atom is 0.227 e. The Kier molecular flexibility index (Phi) is 5.11. The number of hydrogen-bond donors (Lipinski definition) is 0. The Balaban J connectivity index is 1.77. The smallest absolute Gasteiger partial charge is 0.227 e. The average Bonchev–Trinajstić information content (AvgIpc) is 2.61. The van der Waals surface area contributed by atoms with E-state index < -0.39 is 0 Å². The summed E-state index contributed by atoms with van der Waals surface area (Å²) in [7, 11) is 0. The van der Waals surface area contributed by atoms with E-state index in [0.29, 0.717) is 0 Å². The number of piperidine rings is 1. The van der Waals surface area contributed by atoms with Gasteiger partial charge >= 0.3 is 0 Å². The molecule has 122 valence electrons. The third-order valence-corrected chi connectivity index (χ3v) is 4.49. The minimum Gasteiger partial charge on any atom is -0.352 e. The van der Waals surface area contributed by atoms with Crippen molar-refractivity contribution in [3.63, 3.8) is 0 Å². The van der Waals surface area contributed by atoms with E-state index in [0.717, 1.165) is 43.9 Å². The highest BCUT2D eigenvalue weighted by Gasteiger charge is 2.19. The number of benzene rings is 1. The highest BCUT2D eigenvalue weighted by molar-refractivity contribution is 5.44. The predicted octanol–water partition coefficient (Wildman–Crippen LogP) is 3.74. The Bertz CT molecular complexity index is 614. The summed E-state index contributed by atoms with van der Waals surface area (Å²) in [6.07, 6.45) is 4.44. The minimum atomic E-state index is 0.725. The molecule has 1 unspecified atom stereocenters. The first-order chi connectivity index (χ1) is 11.3. The van der Waals surface area contributed by atoms with Gasteiger partial charge in [0.15, 0.2) is 0 Å². The van der Waals surface area contributed by atoms with Gasteiger partial charge in [-0.05, 0) is 37.3 Å². The molecule has 0 bridgehead atoms. The lowest BCUT2D eigenvalue weighted by Gasteiger charge is -2.31. The molecule has 1 aromatic carbocycles. The van der Waals surface area contributed by atoms with Gasteiger partial charge < -0.3 is 9.80 Å². The second-order valence-corrected chi connectivity index (χ2v) is 6.41. The van der Waals surface area contributed by atoms with Crippen molar-refractivity contribution < 1.29 is 0 Å². The number of hydrogen-bond acceptors (Lipinski definition) is 4. The Hall–Kier alpha value is -2.10. The van der Waals surface area contributed by atoms with Crippen LogP contribution in [-0.2, 0) is 6.54 Å². The fourth-order valence-corrected chi connectivity index (χ4v) is 3.20. The van der Waals surface area contributed by atoms with Crippen molar-refractivity contribution in [3.8, 4) is 0 Å². The number of rotatable bonds is 5. The van der Waals surface area contributed by atoms with Gasteiger partial charge in [-0.15, -0.1) is 0 Å². The summed E-state index contributed by atoms with van der Waals surface area (Å²) in [5, 5.41) is 0. The summed E-state index contributed by atoms with van der Waals surface area (Å²) in [5.74, 6) is 2.61. The summed E-state index contributed by atoms with van der Waals surface area (Å²) in [4.78, 5) is 14.0. The Morgan fingerprint density at radius 2 is 2.04 bits per heavy atom. The van der Waals surface area contributed by atoms with Crippen molar-refractivity contribution >= 4 is 11.8 Å². The molecule has 1 saturated heterocycles. The first-order valence-electron chi connectivity index (χ1n) is 8.63. The van der Waals surface area contributed by atoms with Gasteiger partial charge in [0.25, 0.3) is 0 Å². The first kappa shape index (κ1) is 15.8. The molecular formula is C19H26N4. The summed E-state index contributed by atoms with van der Waals surface area (Å²) in [6, 6.07) is 12.6. The molecule has 0 N–H and O–H groups in total. The molecule has 0 saturated carbocycles. The predicted molar refractivity (Wildman–Crippen MR) is 95.8 cm³/mol. The topological polar surface area (TPSA) is 32.3 Å². The molecule has 0 amide bonds. The van der Waals surface area contributed by atoms with Crippen molar-refractivity contribution in [3.05, 3.63) is 48.2 Å². The molecule has 0 radical (unpaired) electrons. The van der Waals surface area contributed by atoms with Gasteiger partial charge in [-0.25, -0.2) is 4.98 Å². The molecular weight excluding hydrogens is 284 g/mol. The van der Waals surface area contributed by atoms with Gasteiger partial charge in [0.1, 0.15) is 5.82 Å². The van der Waals surface area contributed by atoms with E-state index in [2.05, 4.69) is 59.0 Å². The van der Waals surface area contributed by atoms with E-state index in [1.54, 1.807) is 0 Å². The molecule has 1 aromatic heterocycles. The quantitative estimate of drug-likeness (QED) is 0.842. The Morgan fingerprint density at radius 1 is 1.22 bits per heavy atom. The Morgan fingerprint density at radius 3 is 2.78 bits per heavy atom. The third kappa shape index (κ3) is 4.01. The average molecular weight is 310 g/mol. The van der Waals surface area contributed by atoms with Crippen molar-refractivity contribution in [2.45, 2.75) is 33.2 Å². The second-order valence-electron chi connectivity index (χ2n) is 6.41. The van der Waals surface area contributed by atoms with Crippen LogP contribution >= 0.6 is 0 Å². The van der Waals surface area contributed by atoms with Crippen LogP contribution in [0.2, 0.25) is 0 Å². The van der Waals surface area contributed by atoms with Crippen LogP contribution in [0.4, 0.5) is 11.8 Å². The molecule has 1 fully saturated rings. The standard InChI is InChI=1S/C19H26N4/c1-3-22(15-17-9-5-4-6-10-17)18-11-12-20-19(21-18)23-13-7-8-16(2)14-23/h4-6,9-12,16H,3,7-8,13-15H2,1-2H3. The van der Waals surface area contributed by atoms with Crippen LogP contribution in [0.5, 0.6) is 0 Å². The van der Waals surface area contributed by atoms with E-state index in [1.807, 2.05) is 12.3 Å². The maximum absolute atomic E-state index is 4.84. The molecule has 2 heterocycles. The monoisotopic (exact) mass is 310 g/mol. The molecule has 23 heavy (non-hydrogen) atoms. The van der Waals surface area contributed by atoms with Crippen molar-refractivity contribution in [1.82, 2.24) is 9.97 Å². The third-order valence-electron chi connectivity index (χ3n) is 4.49. The van der Waals surface area contributed by atoms with E-state index in [4.69, 9.17) is 4.98 Å². The summed E-state index contributed by atoms with van der Waals surface area (Å²) < 4.78 is 0. The summed E-state index contributed by atoms with van der Waals surface area (Å²) >= 11 is 0. The van der Waals surface area contributed by atoms with Gasteiger partial charge in [0.05, 0.1) is 0 Å². The maximum atomic E-state index is 4.84. The highest BCUT2D eigenvalue weighted by Crippen LogP contribution is 2.22. The van der Waals surface area contributed by atoms with Gasteiger partial charge in [-0.1, -0.05) is 37.3 Å². The molecule has 1 aliphatic heterocycles. The molecule has 3 rings (SSSR count). The van der Waals surface area contributed by atoms with Crippen LogP contribution in [0.1, 0.15) is 32.3 Å². The number of aromatic nitrogens is 2. The zero-order valence-electron chi connectivity index (χ0n) is 14.2. The van der Waals surface area contributed by atoms with Crippen molar-refractivity contribution in [1.29, 1.82) is 0 Å². The summed E-state index contributed by atoms with van der Waals surface area (Å²) in [6.45, 7) is 8.43. The zero-order chi connectivity index (χ0) is 16.1.